The number of halogens is 4. The fourth-order valence-corrected chi connectivity index (χ4v) is 3.75. The summed E-state index contributed by atoms with van der Waals surface area (Å²) in [6.45, 7) is 0.257. The Hall–Kier alpha value is -2.13. The van der Waals surface area contributed by atoms with E-state index in [9.17, 15) is 4.79 Å². The first-order valence-electron chi connectivity index (χ1n) is 8.77. The molecule has 1 heterocycles. The van der Waals surface area contributed by atoms with E-state index in [-0.39, 0.29) is 12.5 Å². The molecule has 0 saturated carbocycles. The van der Waals surface area contributed by atoms with Crippen molar-refractivity contribution in [2.75, 3.05) is 7.11 Å². The number of carbonyl (C=O) groups excluding carboxylic acids is 1. The van der Waals surface area contributed by atoms with Crippen molar-refractivity contribution in [1.29, 1.82) is 0 Å². The molecular formula is C21H15Br2Cl2N3O3. The number of hydrogen-bond acceptors (Lipinski definition) is 5. The molecule has 0 aliphatic rings. The largest absolute Gasteiger partial charge is 0.493 e. The Kier molecular flexibility index (Phi) is 8.31. The summed E-state index contributed by atoms with van der Waals surface area (Å²) < 4.78 is 12.7. The van der Waals surface area contributed by atoms with Crippen LogP contribution in [0.25, 0.3) is 0 Å². The number of aromatic nitrogens is 1. The fourth-order valence-electron chi connectivity index (χ4n) is 2.49. The lowest BCUT2D eigenvalue weighted by Gasteiger charge is -2.15. The van der Waals surface area contributed by atoms with Gasteiger partial charge >= 0.3 is 0 Å². The Labute approximate surface area is 205 Å². The first kappa shape index (κ1) is 23.5. The minimum Gasteiger partial charge on any atom is -0.493 e. The molecule has 0 aliphatic carbocycles. The second kappa shape index (κ2) is 10.9. The van der Waals surface area contributed by atoms with Crippen molar-refractivity contribution in [3.63, 3.8) is 0 Å². The van der Waals surface area contributed by atoms with E-state index in [4.69, 9.17) is 32.7 Å². The highest BCUT2D eigenvalue weighted by atomic mass is 79.9. The molecule has 31 heavy (non-hydrogen) atoms. The van der Waals surface area contributed by atoms with E-state index in [1.165, 1.54) is 19.5 Å². The zero-order chi connectivity index (χ0) is 22.4. The molecule has 0 spiro atoms. The van der Waals surface area contributed by atoms with Crippen LogP contribution in [-0.2, 0) is 6.61 Å². The van der Waals surface area contributed by atoms with Gasteiger partial charge in [-0.3, -0.25) is 9.78 Å². The van der Waals surface area contributed by atoms with Crippen LogP contribution in [0.5, 0.6) is 11.5 Å². The summed E-state index contributed by atoms with van der Waals surface area (Å²) in [5, 5.41) is 4.94. The topological polar surface area (TPSA) is 72.8 Å². The fraction of sp³-hybridized carbons (Fsp3) is 0.0952. The second-order valence-electron chi connectivity index (χ2n) is 6.10. The quantitative estimate of drug-likeness (QED) is 0.261. The van der Waals surface area contributed by atoms with Crippen LogP contribution in [0.2, 0.25) is 10.0 Å². The van der Waals surface area contributed by atoms with Gasteiger partial charge in [0.05, 0.1) is 33.4 Å². The third kappa shape index (κ3) is 5.98. The lowest BCUT2D eigenvalue weighted by Crippen LogP contribution is -2.17. The van der Waals surface area contributed by atoms with Crippen LogP contribution < -0.4 is 14.9 Å². The average molecular weight is 588 g/mol. The molecule has 3 aromatic rings. The van der Waals surface area contributed by atoms with Crippen molar-refractivity contribution in [1.82, 2.24) is 10.4 Å². The van der Waals surface area contributed by atoms with Gasteiger partial charge in [-0.2, -0.15) is 5.10 Å². The normalized spacial score (nSPS) is 10.9. The smallest absolute Gasteiger partial charge is 0.272 e. The maximum atomic E-state index is 12.1. The number of hydrogen-bond donors (Lipinski definition) is 1. The van der Waals surface area contributed by atoms with E-state index in [1.54, 1.807) is 36.5 Å². The number of benzene rings is 2. The number of nitrogens with zero attached hydrogens (tertiary/aromatic N) is 2. The molecule has 0 radical (unpaired) electrons. The van der Waals surface area contributed by atoms with Gasteiger partial charge in [0.15, 0.2) is 11.5 Å². The van der Waals surface area contributed by atoms with Crippen LogP contribution in [0.1, 0.15) is 21.5 Å². The Bertz CT molecular complexity index is 1130. The predicted octanol–water partition coefficient (Wildman–Crippen LogP) is 6.26. The summed E-state index contributed by atoms with van der Waals surface area (Å²) >= 11 is 19.1. The minimum atomic E-state index is -0.368. The second-order valence-corrected chi connectivity index (χ2v) is 8.50. The van der Waals surface area contributed by atoms with Gasteiger partial charge in [0.2, 0.25) is 0 Å². The van der Waals surface area contributed by atoms with Crippen molar-refractivity contribution in [2.45, 2.75) is 6.61 Å². The molecule has 1 aromatic heterocycles. The van der Waals surface area contributed by atoms with Gasteiger partial charge in [-0.05, 0) is 67.8 Å². The van der Waals surface area contributed by atoms with Gasteiger partial charge in [0.1, 0.15) is 6.61 Å². The van der Waals surface area contributed by atoms with Gasteiger partial charge in [0, 0.05) is 22.4 Å². The molecule has 160 valence electrons. The van der Waals surface area contributed by atoms with Crippen molar-refractivity contribution in [2.24, 2.45) is 5.10 Å². The van der Waals surface area contributed by atoms with Crippen LogP contribution in [-0.4, -0.2) is 24.2 Å². The molecule has 0 saturated heterocycles. The molecule has 6 nitrogen and oxygen atoms in total. The number of rotatable bonds is 7. The zero-order valence-corrected chi connectivity index (χ0v) is 20.7. The van der Waals surface area contributed by atoms with Crippen molar-refractivity contribution in [3.05, 3.63) is 84.5 Å². The van der Waals surface area contributed by atoms with E-state index < -0.39 is 0 Å². The number of hydrazone groups is 1. The van der Waals surface area contributed by atoms with Crippen LogP contribution in [0.3, 0.4) is 0 Å². The average Bonchev–Trinajstić information content (AvgIpc) is 2.78. The third-order valence-corrected chi connectivity index (χ3v) is 6.92. The molecule has 0 fully saturated rings. The van der Waals surface area contributed by atoms with Gasteiger partial charge in [0.25, 0.3) is 5.91 Å². The molecule has 0 atom stereocenters. The number of methoxy groups -OCH3 is 1. The molecule has 1 amide bonds. The summed E-state index contributed by atoms with van der Waals surface area (Å²) in [4.78, 5) is 16.0. The summed E-state index contributed by atoms with van der Waals surface area (Å²) in [5.74, 6) is 0.611. The lowest BCUT2D eigenvalue weighted by molar-refractivity contribution is 0.0955. The first-order chi connectivity index (χ1) is 14.9. The highest BCUT2D eigenvalue weighted by Crippen LogP contribution is 2.42. The summed E-state index contributed by atoms with van der Waals surface area (Å²) in [7, 11) is 1.53. The zero-order valence-electron chi connectivity index (χ0n) is 16.0. The molecule has 3 rings (SSSR count). The highest BCUT2D eigenvalue weighted by Gasteiger charge is 2.17. The van der Waals surface area contributed by atoms with E-state index in [0.717, 1.165) is 5.56 Å². The Morgan fingerprint density at radius 1 is 1.19 bits per heavy atom. The number of amides is 1. The van der Waals surface area contributed by atoms with E-state index in [1.807, 2.05) is 6.07 Å². The standard InChI is InChI=1S/C21H15Br2Cl2N3O3/c1-30-17-8-14(10-27-28-21(29)13-3-2-6-26-9-13)18(22)19(23)20(17)31-11-12-4-5-15(24)16(25)7-12/h2-10H,11H2,1H3,(H,28,29)/b27-10-. The highest BCUT2D eigenvalue weighted by molar-refractivity contribution is 9.13. The van der Waals surface area contributed by atoms with Crippen molar-refractivity contribution < 1.29 is 14.3 Å². The van der Waals surface area contributed by atoms with Gasteiger partial charge in [-0.15, -0.1) is 0 Å². The first-order valence-corrected chi connectivity index (χ1v) is 11.1. The number of pyridine rings is 1. The van der Waals surface area contributed by atoms with Gasteiger partial charge < -0.3 is 9.47 Å². The molecule has 0 aliphatic heterocycles. The van der Waals surface area contributed by atoms with Crippen molar-refractivity contribution >= 4 is 67.2 Å². The third-order valence-electron chi connectivity index (χ3n) is 4.04. The Balaban J connectivity index is 1.77. The van der Waals surface area contributed by atoms with Crippen LogP contribution in [0.4, 0.5) is 0 Å². The molecule has 0 bridgehead atoms. The molecular weight excluding hydrogens is 573 g/mol. The van der Waals surface area contributed by atoms with Crippen molar-refractivity contribution in [3.8, 4) is 11.5 Å². The Morgan fingerprint density at radius 2 is 2.00 bits per heavy atom. The lowest BCUT2D eigenvalue weighted by atomic mass is 10.2. The number of carbonyl (C=O) groups is 1. The monoisotopic (exact) mass is 585 g/mol. The maximum Gasteiger partial charge on any atom is 0.272 e. The van der Waals surface area contributed by atoms with E-state index in [0.29, 0.717) is 41.6 Å². The van der Waals surface area contributed by atoms with Crippen LogP contribution in [0, 0.1) is 0 Å². The van der Waals surface area contributed by atoms with E-state index in [2.05, 4.69) is 47.4 Å². The van der Waals surface area contributed by atoms with Crippen LogP contribution >= 0.6 is 55.1 Å². The minimum absolute atomic E-state index is 0.257. The summed E-state index contributed by atoms with van der Waals surface area (Å²) in [5.41, 5.74) is 4.38. The summed E-state index contributed by atoms with van der Waals surface area (Å²) in [6.07, 6.45) is 4.54. The Morgan fingerprint density at radius 3 is 2.68 bits per heavy atom. The maximum absolute atomic E-state index is 12.1. The summed E-state index contributed by atoms with van der Waals surface area (Å²) in [6, 6.07) is 10.3. The van der Waals surface area contributed by atoms with Gasteiger partial charge in [-0.1, -0.05) is 29.3 Å². The van der Waals surface area contributed by atoms with E-state index >= 15 is 0 Å². The number of ether oxygens (including phenoxy) is 2. The van der Waals surface area contributed by atoms with Gasteiger partial charge in [-0.25, -0.2) is 5.43 Å². The molecule has 2 aromatic carbocycles. The van der Waals surface area contributed by atoms with Crippen LogP contribution in [0.15, 0.2) is 62.8 Å². The SMILES string of the molecule is COc1cc(/C=N\NC(=O)c2cccnc2)c(Br)c(Br)c1OCc1ccc(Cl)c(Cl)c1. The predicted molar refractivity (Wildman–Crippen MR) is 128 cm³/mol. The number of nitrogens with one attached hydrogen (secondary N) is 1. The molecule has 1 N–H and O–H groups in total. The molecule has 10 heteroatoms. The molecule has 0 unspecified atom stereocenters.